The number of fused-ring (bicyclic) bond motifs is 1. The molecular formula is C27H29ClNO2+. The fourth-order valence-corrected chi connectivity index (χ4v) is 4.82. The molecule has 2 atom stereocenters. The van der Waals surface area contributed by atoms with Crippen LogP contribution < -0.4 is 14.4 Å². The number of benzene rings is 3. The van der Waals surface area contributed by atoms with Crippen molar-refractivity contribution in [2.45, 2.75) is 19.4 Å². The van der Waals surface area contributed by atoms with Gasteiger partial charge in [-0.25, -0.2) is 0 Å². The largest absolute Gasteiger partial charge is 0.493 e. The van der Waals surface area contributed by atoms with Crippen molar-refractivity contribution in [3.63, 3.8) is 0 Å². The predicted molar refractivity (Wildman–Crippen MR) is 127 cm³/mol. The first-order valence-electron chi connectivity index (χ1n) is 10.7. The van der Waals surface area contributed by atoms with Crippen LogP contribution in [0.2, 0.25) is 5.02 Å². The van der Waals surface area contributed by atoms with Crippen molar-refractivity contribution in [1.82, 2.24) is 0 Å². The van der Waals surface area contributed by atoms with Crippen LogP contribution in [-0.2, 0) is 6.42 Å². The number of nitrogens with one attached hydrogen (secondary N) is 1. The van der Waals surface area contributed by atoms with Crippen molar-refractivity contribution in [3.05, 3.63) is 99.6 Å². The van der Waals surface area contributed by atoms with Gasteiger partial charge in [-0.15, -0.1) is 0 Å². The summed E-state index contributed by atoms with van der Waals surface area (Å²) in [6.45, 7) is 4.22. The normalized spacial score (nSPS) is 18.4. The minimum absolute atomic E-state index is 0.182. The van der Waals surface area contributed by atoms with Crippen LogP contribution in [0, 0.1) is 0 Å². The Balaban J connectivity index is 1.74. The zero-order valence-electron chi connectivity index (χ0n) is 18.3. The van der Waals surface area contributed by atoms with Gasteiger partial charge in [-0.2, -0.15) is 0 Å². The minimum Gasteiger partial charge on any atom is -0.493 e. The van der Waals surface area contributed by atoms with Crippen molar-refractivity contribution in [3.8, 4) is 11.5 Å². The molecule has 0 saturated carbocycles. The van der Waals surface area contributed by atoms with Crippen LogP contribution in [0.25, 0.3) is 6.08 Å². The van der Waals surface area contributed by atoms with Gasteiger partial charge in [0.1, 0.15) is 6.04 Å². The van der Waals surface area contributed by atoms with Crippen molar-refractivity contribution in [2.75, 3.05) is 27.3 Å². The second-order valence-electron chi connectivity index (χ2n) is 8.13. The molecule has 4 heteroatoms. The molecule has 0 saturated heterocycles. The van der Waals surface area contributed by atoms with Gasteiger partial charge in [0.25, 0.3) is 0 Å². The summed E-state index contributed by atoms with van der Waals surface area (Å²) in [6, 6.07) is 23.2. The molecule has 3 aromatic rings. The van der Waals surface area contributed by atoms with Gasteiger partial charge in [-0.05, 0) is 47.9 Å². The fraction of sp³-hybridized carbons (Fsp3) is 0.259. The molecule has 0 fully saturated rings. The van der Waals surface area contributed by atoms with Gasteiger partial charge in [0, 0.05) is 22.6 Å². The molecule has 0 aromatic heterocycles. The lowest BCUT2D eigenvalue weighted by Gasteiger charge is -2.35. The quantitative estimate of drug-likeness (QED) is 0.590. The Labute approximate surface area is 189 Å². The average Bonchev–Trinajstić information content (AvgIpc) is 2.78. The highest BCUT2D eigenvalue weighted by Crippen LogP contribution is 2.36. The summed E-state index contributed by atoms with van der Waals surface area (Å²) in [6.07, 6.45) is 3.28. The van der Waals surface area contributed by atoms with E-state index in [9.17, 15) is 0 Å². The maximum Gasteiger partial charge on any atom is 0.161 e. The molecule has 1 unspecified atom stereocenters. The molecule has 3 aromatic carbocycles. The monoisotopic (exact) mass is 434 g/mol. The third kappa shape index (κ3) is 4.79. The smallest absolute Gasteiger partial charge is 0.161 e. The first-order chi connectivity index (χ1) is 15.1. The molecule has 1 aliphatic heterocycles. The molecule has 31 heavy (non-hydrogen) atoms. The first kappa shape index (κ1) is 21.5. The molecule has 0 radical (unpaired) electrons. The lowest BCUT2D eigenvalue weighted by Crippen LogP contribution is -3.13. The molecule has 1 N–H and O–H groups in total. The third-order valence-corrected chi connectivity index (χ3v) is 6.22. The van der Waals surface area contributed by atoms with Crippen molar-refractivity contribution >= 4 is 17.7 Å². The van der Waals surface area contributed by atoms with Crippen LogP contribution >= 0.6 is 11.6 Å². The SMILES string of the molecule is COc1cc2c(cc1OC)[C@H](c1cccc(Cl)c1)[NH+](C/C(C)=C\c1ccccc1)CC2. The molecule has 4 rings (SSSR count). The van der Waals surface area contributed by atoms with E-state index in [-0.39, 0.29) is 6.04 Å². The number of methoxy groups -OCH3 is 2. The maximum absolute atomic E-state index is 6.39. The average molecular weight is 435 g/mol. The van der Waals surface area contributed by atoms with Crippen LogP contribution in [0.15, 0.2) is 72.3 Å². The van der Waals surface area contributed by atoms with E-state index in [4.69, 9.17) is 21.1 Å². The minimum atomic E-state index is 0.182. The van der Waals surface area contributed by atoms with Gasteiger partial charge in [-0.3, -0.25) is 0 Å². The number of halogens is 1. The molecule has 0 bridgehead atoms. The Morgan fingerprint density at radius 3 is 2.45 bits per heavy atom. The van der Waals surface area contributed by atoms with Gasteiger partial charge in [0.15, 0.2) is 11.5 Å². The first-order valence-corrected chi connectivity index (χ1v) is 11.0. The topological polar surface area (TPSA) is 22.9 Å². The van der Waals surface area contributed by atoms with Crippen LogP contribution in [0.3, 0.4) is 0 Å². The molecule has 0 aliphatic carbocycles. The van der Waals surface area contributed by atoms with E-state index in [0.717, 1.165) is 36.0 Å². The standard InChI is InChI=1S/C27H28ClNO2/c1-19(14-20-8-5-4-6-9-20)18-29-13-12-21-16-25(30-2)26(31-3)17-24(21)27(29)22-10-7-11-23(28)15-22/h4-11,14-17,27H,12-13,18H2,1-3H3/p+1/b19-14-/t27-/m0/s1. The van der Waals surface area contributed by atoms with Crippen molar-refractivity contribution in [2.24, 2.45) is 0 Å². The van der Waals surface area contributed by atoms with Crippen molar-refractivity contribution < 1.29 is 14.4 Å². The Hall–Kier alpha value is -2.75. The van der Waals surface area contributed by atoms with Gasteiger partial charge in [-0.1, -0.05) is 60.1 Å². The lowest BCUT2D eigenvalue weighted by molar-refractivity contribution is -0.923. The summed E-state index contributed by atoms with van der Waals surface area (Å²) in [5.41, 5.74) is 6.42. The van der Waals surface area contributed by atoms with Gasteiger partial charge >= 0.3 is 0 Å². The van der Waals surface area contributed by atoms with Gasteiger partial charge in [0.2, 0.25) is 0 Å². The highest BCUT2D eigenvalue weighted by molar-refractivity contribution is 6.30. The van der Waals surface area contributed by atoms with Crippen molar-refractivity contribution in [1.29, 1.82) is 0 Å². The second kappa shape index (κ2) is 9.59. The Bertz CT molecular complexity index is 1080. The van der Waals surface area contributed by atoms with Crippen LogP contribution in [0.1, 0.15) is 35.2 Å². The molecular weight excluding hydrogens is 406 g/mol. The van der Waals surface area contributed by atoms with E-state index in [1.165, 1.54) is 32.7 Å². The van der Waals surface area contributed by atoms with Crippen LogP contribution in [0.5, 0.6) is 11.5 Å². The van der Waals surface area contributed by atoms with E-state index < -0.39 is 0 Å². The summed E-state index contributed by atoms with van der Waals surface area (Å²) >= 11 is 6.39. The number of quaternary nitrogens is 1. The maximum atomic E-state index is 6.39. The van der Waals surface area contributed by atoms with E-state index in [2.05, 4.69) is 67.6 Å². The lowest BCUT2D eigenvalue weighted by atomic mass is 9.87. The summed E-state index contributed by atoms with van der Waals surface area (Å²) in [7, 11) is 3.38. The summed E-state index contributed by atoms with van der Waals surface area (Å²) < 4.78 is 11.2. The predicted octanol–water partition coefficient (Wildman–Crippen LogP) is 4.99. The van der Waals surface area contributed by atoms with E-state index in [1.54, 1.807) is 14.2 Å². The van der Waals surface area contributed by atoms with Gasteiger partial charge in [0.05, 0.1) is 27.3 Å². The molecule has 1 heterocycles. The fourth-order valence-electron chi connectivity index (χ4n) is 4.62. The Kier molecular flexibility index (Phi) is 6.64. The summed E-state index contributed by atoms with van der Waals surface area (Å²) in [5, 5.41) is 0.765. The highest BCUT2D eigenvalue weighted by Gasteiger charge is 2.34. The summed E-state index contributed by atoms with van der Waals surface area (Å²) in [5.74, 6) is 1.56. The van der Waals surface area contributed by atoms with Crippen LogP contribution in [-0.4, -0.2) is 27.3 Å². The van der Waals surface area contributed by atoms with E-state index >= 15 is 0 Å². The number of hydrogen-bond acceptors (Lipinski definition) is 2. The number of rotatable bonds is 6. The third-order valence-electron chi connectivity index (χ3n) is 5.98. The number of hydrogen-bond donors (Lipinski definition) is 1. The Morgan fingerprint density at radius 2 is 1.74 bits per heavy atom. The molecule has 160 valence electrons. The number of ether oxygens (including phenoxy) is 2. The van der Waals surface area contributed by atoms with E-state index in [1.807, 2.05) is 12.1 Å². The van der Waals surface area contributed by atoms with Gasteiger partial charge < -0.3 is 14.4 Å². The van der Waals surface area contributed by atoms with Crippen LogP contribution in [0.4, 0.5) is 0 Å². The molecule has 1 aliphatic rings. The second-order valence-corrected chi connectivity index (χ2v) is 8.57. The zero-order valence-corrected chi connectivity index (χ0v) is 19.1. The molecule has 3 nitrogen and oxygen atoms in total. The molecule has 0 amide bonds. The Morgan fingerprint density at radius 1 is 1.00 bits per heavy atom. The zero-order chi connectivity index (χ0) is 21.8. The molecule has 0 spiro atoms. The van der Waals surface area contributed by atoms with E-state index in [0.29, 0.717) is 0 Å². The summed E-state index contributed by atoms with van der Waals surface area (Å²) in [4.78, 5) is 1.51. The highest BCUT2D eigenvalue weighted by atomic mass is 35.5.